The number of carboxylic acids is 2. The van der Waals surface area contributed by atoms with Crippen molar-refractivity contribution in [2.75, 3.05) is 5.75 Å². The molecule has 2 atom stereocenters. The third kappa shape index (κ3) is 9.96. The number of hydrogen-bond donors (Lipinski definition) is 5. The van der Waals surface area contributed by atoms with Crippen molar-refractivity contribution in [2.24, 2.45) is 0 Å². The Hall–Kier alpha value is -0.890. The Labute approximate surface area is 129 Å². The van der Waals surface area contributed by atoms with Gasteiger partial charge in [-0.05, 0) is 25.0 Å². The topological polar surface area (TPSA) is 104 Å². The summed E-state index contributed by atoms with van der Waals surface area (Å²) in [6, 6.07) is -1.37. The van der Waals surface area contributed by atoms with Crippen LogP contribution in [0.5, 0.6) is 0 Å². The van der Waals surface area contributed by atoms with Crippen LogP contribution in [0.3, 0.4) is 0 Å². The van der Waals surface area contributed by atoms with E-state index in [4.69, 9.17) is 10.2 Å². The van der Waals surface area contributed by atoms with Gasteiger partial charge in [-0.15, -0.1) is 0 Å². The summed E-state index contributed by atoms with van der Waals surface area (Å²) in [6.45, 7) is 0. The summed E-state index contributed by atoms with van der Waals surface area (Å²) in [7, 11) is 0. The molecule has 116 valence electrons. The van der Waals surface area contributed by atoms with Crippen LogP contribution < -0.4 is 5.32 Å². The molecular formula is C12H21NO5S2. The molecule has 0 aromatic rings. The van der Waals surface area contributed by atoms with Crippen LogP contribution in [0.2, 0.25) is 0 Å². The quantitative estimate of drug-likeness (QED) is 0.290. The van der Waals surface area contributed by atoms with Gasteiger partial charge in [0.1, 0.15) is 6.04 Å². The van der Waals surface area contributed by atoms with E-state index in [0.717, 1.165) is 25.0 Å². The fraction of sp³-hybridized carbons (Fsp3) is 0.750. The van der Waals surface area contributed by atoms with Gasteiger partial charge in [-0.2, -0.15) is 25.3 Å². The molecule has 2 unspecified atom stereocenters. The van der Waals surface area contributed by atoms with E-state index in [-0.39, 0.29) is 11.7 Å². The highest BCUT2D eigenvalue weighted by Gasteiger charge is 2.22. The van der Waals surface area contributed by atoms with Crippen LogP contribution in [0.15, 0.2) is 0 Å². The molecule has 3 N–H and O–H groups in total. The molecule has 0 saturated heterocycles. The molecule has 0 aromatic heterocycles. The van der Waals surface area contributed by atoms with Gasteiger partial charge in [-0.3, -0.25) is 9.59 Å². The van der Waals surface area contributed by atoms with Gasteiger partial charge < -0.3 is 15.5 Å². The minimum atomic E-state index is -1.37. The predicted molar refractivity (Wildman–Crippen MR) is 81.5 cm³/mol. The Morgan fingerprint density at radius 1 is 1.10 bits per heavy atom. The highest BCUT2D eigenvalue weighted by Crippen LogP contribution is 2.12. The first kappa shape index (κ1) is 19.1. The van der Waals surface area contributed by atoms with Gasteiger partial charge in [0, 0.05) is 11.7 Å². The lowest BCUT2D eigenvalue weighted by Crippen LogP contribution is -2.42. The van der Waals surface area contributed by atoms with Crippen LogP contribution in [-0.2, 0) is 14.4 Å². The molecule has 0 spiro atoms. The second-order valence-electron chi connectivity index (χ2n) is 4.47. The van der Waals surface area contributed by atoms with Gasteiger partial charge in [0.25, 0.3) is 0 Å². The molecule has 0 fully saturated rings. The lowest BCUT2D eigenvalue weighted by atomic mass is 10.1. The molecule has 1 amide bonds. The minimum absolute atomic E-state index is 0.185. The number of rotatable bonds is 11. The van der Waals surface area contributed by atoms with Crippen LogP contribution in [0.1, 0.15) is 38.5 Å². The van der Waals surface area contributed by atoms with E-state index in [9.17, 15) is 14.4 Å². The first-order valence-electron chi connectivity index (χ1n) is 6.39. The number of carboxylic acid groups (broad SMARTS) is 2. The van der Waals surface area contributed by atoms with Crippen molar-refractivity contribution in [1.82, 2.24) is 5.32 Å². The molecule has 0 bridgehead atoms. The van der Waals surface area contributed by atoms with Crippen LogP contribution in [-0.4, -0.2) is 45.1 Å². The number of aliphatic carboxylic acids is 2. The van der Waals surface area contributed by atoms with Crippen LogP contribution in [0, 0.1) is 0 Å². The maximum absolute atomic E-state index is 11.5. The Morgan fingerprint density at radius 2 is 1.75 bits per heavy atom. The molecule has 0 aliphatic rings. The molecule has 0 aromatic carbocycles. The summed E-state index contributed by atoms with van der Waals surface area (Å²) in [5.41, 5.74) is 0. The average Bonchev–Trinajstić information content (AvgIpc) is 2.33. The maximum Gasteiger partial charge on any atom is 0.326 e. The highest BCUT2D eigenvalue weighted by atomic mass is 32.1. The second kappa shape index (κ2) is 10.8. The van der Waals surface area contributed by atoms with Gasteiger partial charge in [0.15, 0.2) is 0 Å². The zero-order chi connectivity index (χ0) is 15.5. The first-order valence-corrected chi connectivity index (χ1v) is 7.54. The van der Waals surface area contributed by atoms with Crippen molar-refractivity contribution < 1.29 is 24.6 Å². The number of carbonyl (C=O) groups excluding carboxylic acids is 1. The lowest BCUT2D eigenvalue weighted by molar-refractivity contribution is -0.147. The van der Waals surface area contributed by atoms with Gasteiger partial charge >= 0.3 is 11.9 Å². The van der Waals surface area contributed by atoms with Crippen molar-refractivity contribution in [3.63, 3.8) is 0 Å². The summed E-state index contributed by atoms with van der Waals surface area (Å²) in [4.78, 5) is 32.7. The molecule has 6 nitrogen and oxygen atoms in total. The van der Waals surface area contributed by atoms with E-state index >= 15 is 0 Å². The summed E-state index contributed by atoms with van der Waals surface area (Å²) in [5.74, 6) is -2.28. The van der Waals surface area contributed by atoms with Crippen LogP contribution >= 0.6 is 25.3 Å². The van der Waals surface area contributed by atoms with Crippen molar-refractivity contribution in [2.45, 2.75) is 49.8 Å². The predicted octanol–water partition coefficient (Wildman–Crippen LogP) is 1.21. The zero-order valence-corrected chi connectivity index (χ0v) is 12.9. The smallest absolute Gasteiger partial charge is 0.326 e. The SMILES string of the molecule is O=C(O)CC(NC(=O)CCCCC(S)CCS)C(=O)O. The number of carbonyl (C=O) groups is 3. The molecule has 20 heavy (non-hydrogen) atoms. The summed E-state index contributed by atoms with van der Waals surface area (Å²) in [5, 5.41) is 19.8. The zero-order valence-electron chi connectivity index (χ0n) is 11.1. The fourth-order valence-electron chi connectivity index (χ4n) is 1.60. The van der Waals surface area contributed by atoms with Gasteiger partial charge in [0.2, 0.25) is 5.91 Å². The molecule has 8 heteroatoms. The molecule has 0 heterocycles. The molecule has 0 radical (unpaired) electrons. The van der Waals surface area contributed by atoms with E-state index < -0.39 is 30.3 Å². The van der Waals surface area contributed by atoms with E-state index in [1.165, 1.54) is 0 Å². The summed E-state index contributed by atoms with van der Waals surface area (Å²) < 4.78 is 0. The number of amides is 1. The number of unbranched alkanes of at least 4 members (excludes halogenated alkanes) is 1. The Kier molecular flexibility index (Phi) is 10.4. The second-order valence-corrected chi connectivity index (χ2v) is 5.65. The minimum Gasteiger partial charge on any atom is -0.481 e. The maximum atomic E-state index is 11.5. The van der Waals surface area contributed by atoms with Crippen molar-refractivity contribution in [1.29, 1.82) is 0 Å². The number of hydrogen-bond acceptors (Lipinski definition) is 5. The third-order valence-corrected chi connectivity index (χ3v) is 3.44. The van der Waals surface area contributed by atoms with Crippen molar-refractivity contribution in [3.8, 4) is 0 Å². The Balaban J connectivity index is 3.91. The first-order chi connectivity index (χ1) is 9.36. The third-order valence-electron chi connectivity index (χ3n) is 2.67. The van der Waals surface area contributed by atoms with Gasteiger partial charge in [0.05, 0.1) is 6.42 Å². The standard InChI is InChI=1S/C12H21NO5S2/c14-10(4-2-1-3-8(20)5-6-19)13-9(12(17)18)7-11(15)16/h8-9,19-20H,1-7H2,(H,13,14)(H,15,16)(H,17,18). The molecular weight excluding hydrogens is 302 g/mol. The largest absolute Gasteiger partial charge is 0.481 e. The van der Waals surface area contributed by atoms with Crippen molar-refractivity contribution >= 4 is 43.1 Å². The number of nitrogens with one attached hydrogen (secondary N) is 1. The normalized spacial score (nSPS) is 13.5. The fourth-order valence-corrected chi connectivity index (χ4v) is 2.43. The van der Waals surface area contributed by atoms with E-state index in [2.05, 4.69) is 30.6 Å². The van der Waals surface area contributed by atoms with Crippen LogP contribution in [0.25, 0.3) is 0 Å². The van der Waals surface area contributed by atoms with E-state index in [1.54, 1.807) is 0 Å². The summed E-state index contributed by atoms with van der Waals surface area (Å²) >= 11 is 8.47. The van der Waals surface area contributed by atoms with E-state index in [0.29, 0.717) is 6.42 Å². The van der Waals surface area contributed by atoms with Gasteiger partial charge in [-0.25, -0.2) is 4.79 Å². The molecule has 0 saturated carbocycles. The van der Waals surface area contributed by atoms with Gasteiger partial charge in [-0.1, -0.05) is 6.42 Å². The summed E-state index contributed by atoms with van der Waals surface area (Å²) in [6.07, 6.45) is 2.76. The Bertz CT molecular complexity index is 338. The molecule has 0 aliphatic heterocycles. The van der Waals surface area contributed by atoms with E-state index in [1.807, 2.05) is 0 Å². The van der Waals surface area contributed by atoms with Crippen molar-refractivity contribution in [3.05, 3.63) is 0 Å². The Morgan fingerprint density at radius 3 is 2.25 bits per heavy atom. The highest BCUT2D eigenvalue weighted by molar-refractivity contribution is 7.81. The number of thiol groups is 2. The monoisotopic (exact) mass is 323 g/mol. The van der Waals surface area contributed by atoms with Crippen LogP contribution in [0.4, 0.5) is 0 Å². The lowest BCUT2D eigenvalue weighted by Gasteiger charge is -2.12. The molecule has 0 aliphatic carbocycles. The average molecular weight is 323 g/mol. The molecule has 0 rings (SSSR count).